The van der Waals surface area contributed by atoms with E-state index in [1.54, 1.807) is 13.1 Å². The second-order valence-corrected chi connectivity index (χ2v) is 6.30. The minimum absolute atomic E-state index is 0. The van der Waals surface area contributed by atoms with Crippen LogP contribution in [0, 0.1) is 18.7 Å². The van der Waals surface area contributed by atoms with Gasteiger partial charge in [0.2, 0.25) is 0 Å². The number of fused-ring (bicyclic) bond motifs is 1. The van der Waals surface area contributed by atoms with Crippen LogP contribution in [0.15, 0.2) is 27.6 Å². The van der Waals surface area contributed by atoms with Crippen LogP contribution < -0.4 is 5.32 Å². The maximum Gasteiger partial charge on any atom is 0.193 e. The molecule has 0 radical (unpaired) electrons. The van der Waals surface area contributed by atoms with Gasteiger partial charge in [0.05, 0.1) is 13.2 Å². The molecule has 1 aliphatic heterocycles. The molecule has 1 atom stereocenters. The molecule has 0 bridgehead atoms. The van der Waals surface area contributed by atoms with Crippen molar-refractivity contribution in [2.45, 2.75) is 19.9 Å². The number of nitrogens with zero attached hydrogens (tertiary/aromatic N) is 2. The Bertz CT molecular complexity index is 741. The van der Waals surface area contributed by atoms with Crippen LogP contribution in [0.3, 0.4) is 0 Å². The number of ether oxygens (including phenoxy) is 1. The van der Waals surface area contributed by atoms with Crippen LogP contribution in [-0.4, -0.2) is 44.7 Å². The zero-order valence-corrected chi connectivity index (χ0v) is 17.2. The Morgan fingerprint density at radius 1 is 1.44 bits per heavy atom. The Kier molecular flexibility index (Phi) is 7.06. The molecular weight excluding hydrogens is 436 g/mol. The highest BCUT2D eigenvalue weighted by molar-refractivity contribution is 14.0. The molecule has 1 unspecified atom stereocenters. The van der Waals surface area contributed by atoms with E-state index in [0.29, 0.717) is 18.0 Å². The maximum atomic E-state index is 13.4. The quantitative estimate of drug-likeness (QED) is 0.430. The van der Waals surface area contributed by atoms with Crippen molar-refractivity contribution in [3.63, 3.8) is 0 Å². The van der Waals surface area contributed by atoms with Crippen LogP contribution in [0.25, 0.3) is 11.0 Å². The van der Waals surface area contributed by atoms with Gasteiger partial charge in [0.1, 0.15) is 17.2 Å². The number of furan rings is 1. The number of hydrogen-bond acceptors (Lipinski definition) is 3. The zero-order chi connectivity index (χ0) is 17.1. The van der Waals surface area contributed by atoms with Gasteiger partial charge in [-0.3, -0.25) is 4.99 Å². The van der Waals surface area contributed by atoms with Crippen LogP contribution in [0.2, 0.25) is 0 Å². The molecule has 2 heterocycles. The highest BCUT2D eigenvalue weighted by atomic mass is 127. The summed E-state index contributed by atoms with van der Waals surface area (Å²) in [6, 6.07) is 4.60. The molecule has 1 aliphatic rings. The lowest BCUT2D eigenvalue weighted by atomic mass is 10.1. The summed E-state index contributed by atoms with van der Waals surface area (Å²) < 4.78 is 24.7. The summed E-state index contributed by atoms with van der Waals surface area (Å²) in [4.78, 5) is 6.44. The van der Waals surface area contributed by atoms with E-state index in [1.165, 1.54) is 12.1 Å². The Morgan fingerprint density at radius 2 is 2.24 bits per heavy atom. The molecule has 1 aromatic heterocycles. The van der Waals surface area contributed by atoms with Crippen LogP contribution in [0.5, 0.6) is 0 Å². The third-order valence-corrected chi connectivity index (χ3v) is 4.53. The highest BCUT2D eigenvalue weighted by Crippen LogP contribution is 2.25. The number of rotatable bonds is 4. The molecule has 0 amide bonds. The lowest BCUT2D eigenvalue weighted by Crippen LogP contribution is -2.41. The minimum atomic E-state index is -0.250. The predicted molar refractivity (Wildman–Crippen MR) is 108 cm³/mol. The van der Waals surface area contributed by atoms with Crippen LogP contribution in [-0.2, 0) is 11.3 Å². The topological polar surface area (TPSA) is 50.0 Å². The molecular formula is C18H25FIN3O2. The Hall–Kier alpha value is -1.35. The molecule has 1 aromatic carbocycles. The first-order valence-corrected chi connectivity index (χ1v) is 8.25. The maximum absolute atomic E-state index is 13.4. The van der Waals surface area contributed by atoms with E-state index in [9.17, 15) is 4.39 Å². The summed E-state index contributed by atoms with van der Waals surface area (Å²) in [6.45, 7) is 5.03. The fraction of sp³-hybridized carbons (Fsp3) is 0.500. The first kappa shape index (κ1) is 20.0. The van der Waals surface area contributed by atoms with Crippen molar-refractivity contribution >= 4 is 40.9 Å². The van der Waals surface area contributed by atoms with E-state index < -0.39 is 0 Å². The van der Waals surface area contributed by atoms with E-state index in [2.05, 4.69) is 15.2 Å². The van der Waals surface area contributed by atoms with Gasteiger partial charge in [-0.25, -0.2) is 4.39 Å². The first-order valence-electron chi connectivity index (χ1n) is 8.25. The number of benzene rings is 1. The fourth-order valence-corrected chi connectivity index (χ4v) is 3.16. The second-order valence-electron chi connectivity index (χ2n) is 6.30. The van der Waals surface area contributed by atoms with Gasteiger partial charge >= 0.3 is 0 Å². The van der Waals surface area contributed by atoms with Gasteiger partial charge in [-0.2, -0.15) is 0 Å². The molecule has 5 nitrogen and oxygen atoms in total. The average molecular weight is 461 g/mol. The van der Waals surface area contributed by atoms with E-state index in [0.717, 1.165) is 48.8 Å². The third-order valence-electron chi connectivity index (χ3n) is 4.53. The van der Waals surface area contributed by atoms with Gasteiger partial charge in [0, 0.05) is 44.1 Å². The number of hydrogen-bond donors (Lipinski definition) is 1. The largest absolute Gasteiger partial charge is 0.459 e. The Morgan fingerprint density at radius 3 is 2.92 bits per heavy atom. The fourth-order valence-electron chi connectivity index (χ4n) is 3.16. The number of nitrogens with one attached hydrogen (secondary N) is 1. The summed E-state index contributed by atoms with van der Waals surface area (Å²) in [6.07, 6.45) is 1.09. The van der Waals surface area contributed by atoms with E-state index in [4.69, 9.17) is 9.15 Å². The summed E-state index contributed by atoms with van der Waals surface area (Å²) in [5.41, 5.74) is 1.66. The van der Waals surface area contributed by atoms with Crippen LogP contribution >= 0.6 is 24.0 Å². The van der Waals surface area contributed by atoms with Crippen molar-refractivity contribution in [2.24, 2.45) is 10.9 Å². The summed E-state index contributed by atoms with van der Waals surface area (Å²) in [5, 5.41) is 4.14. The zero-order valence-electron chi connectivity index (χ0n) is 14.8. The van der Waals surface area contributed by atoms with Crippen molar-refractivity contribution in [1.82, 2.24) is 10.2 Å². The first-order chi connectivity index (χ1) is 11.6. The molecule has 0 saturated carbocycles. The second kappa shape index (κ2) is 8.84. The molecule has 25 heavy (non-hydrogen) atoms. The van der Waals surface area contributed by atoms with Gasteiger partial charge in [0.15, 0.2) is 5.96 Å². The molecule has 1 fully saturated rings. The van der Waals surface area contributed by atoms with E-state index >= 15 is 0 Å². The Labute approximate surface area is 164 Å². The smallest absolute Gasteiger partial charge is 0.193 e. The third kappa shape index (κ3) is 4.63. The van der Waals surface area contributed by atoms with Gasteiger partial charge in [0.25, 0.3) is 0 Å². The standard InChI is InChI=1S/C18H24FN3O2.HI/c1-12-15-8-14(19)4-5-16(15)24-17(12)9-21-18(20-2)22(3)10-13-6-7-23-11-13;/h4-5,8,13H,6-7,9-11H2,1-3H3,(H,20,21);1H. The number of aryl methyl sites for hydroxylation is 1. The van der Waals surface area contributed by atoms with Crippen molar-refractivity contribution in [1.29, 1.82) is 0 Å². The summed E-state index contributed by atoms with van der Waals surface area (Å²) in [5.74, 6) is 1.91. The van der Waals surface area contributed by atoms with Gasteiger partial charge < -0.3 is 19.4 Å². The SMILES string of the molecule is CN=C(NCc1oc2ccc(F)cc2c1C)N(C)CC1CCOC1.I. The predicted octanol–water partition coefficient (Wildman–Crippen LogP) is 3.54. The molecule has 7 heteroatoms. The van der Waals surface area contributed by atoms with Crippen molar-refractivity contribution in [3.05, 3.63) is 35.3 Å². The monoisotopic (exact) mass is 461 g/mol. The lowest BCUT2D eigenvalue weighted by molar-refractivity contribution is 0.181. The van der Waals surface area contributed by atoms with Crippen LogP contribution in [0.4, 0.5) is 4.39 Å². The summed E-state index contributed by atoms with van der Waals surface area (Å²) >= 11 is 0. The van der Waals surface area contributed by atoms with Gasteiger partial charge in [-0.15, -0.1) is 24.0 Å². The van der Waals surface area contributed by atoms with E-state index in [-0.39, 0.29) is 29.8 Å². The van der Waals surface area contributed by atoms with Crippen molar-refractivity contribution < 1.29 is 13.5 Å². The summed E-state index contributed by atoms with van der Waals surface area (Å²) in [7, 11) is 3.79. The number of aliphatic imine (C=N–C) groups is 1. The molecule has 2 aromatic rings. The van der Waals surface area contributed by atoms with Gasteiger partial charge in [-0.1, -0.05) is 0 Å². The van der Waals surface area contributed by atoms with Crippen LogP contribution in [0.1, 0.15) is 17.7 Å². The normalized spacial score (nSPS) is 17.6. The lowest BCUT2D eigenvalue weighted by Gasteiger charge is -2.24. The molecule has 138 valence electrons. The minimum Gasteiger partial charge on any atom is -0.459 e. The molecule has 0 aliphatic carbocycles. The molecule has 1 saturated heterocycles. The number of halogens is 2. The average Bonchev–Trinajstić information content (AvgIpc) is 3.17. The van der Waals surface area contributed by atoms with Gasteiger partial charge in [-0.05, 0) is 31.5 Å². The van der Waals surface area contributed by atoms with Crippen molar-refractivity contribution in [2.75, 3.05) is 33.9 Å². The number of guanidine groups is 1. The molecule has 1 N–H and O–H groups in total. The van der Waals surface area contributed by atoms with E-state index in [1.807, 2.05) is 14.0 Å². The molecule has 3 rings (SSSR count). The highest BCUT2D eigenvalue weighted by Gasteiger charge is 2.19. The van der Waals surface area contributed by atoms with Crippen molar-refractivity contribution in [3.8, 4) is 0 Å². The Balaban J connectivity index is 0.00000225. The molecule has 0 spiro atoms.